The van der Waals surface area contributed by atoms with Gasteiger partial charge in [0.2, 0.25) is 5.89 Å². The first-order chi connectivity index (χ1) is 7.29. The highest BCUT2D eigenvalue weighted by atomic mass is 16.5. The summed E-state index contributed by atoms with van der Waals surface area (Å²) in [5, 5.41) is 12.9. The first kappa shape index (κ1) is 10.5. The zero-order valence-corrected chi connectivity index (χ0v) is 8.72. The number of morpholine rings is 1. The number of hydrogen-bond acceptors (Lipinski definition) is 6. The van der Waals surface area contributed by atoms with E-state index < -0.39 is 0 Å². The topological polar surface area (TPSA) is 71.6 Å². The summed E-state index contributed by atoms with van der Waals surface area (Å²) < 4.78 is 10.3. The van der Waals surface area contributed by atoms with Gasteiger partial charge < -0.3 is 14.4 Å². The smallest absolute Gasteiger partial charge is 0.240 e. The van der Waals surface area contributed by atoms with Gasteiger partial charge >= 0.3 is 0 Å². The Labute approximate surface area is 87.8 Å². The average Bonchev–Trinajstić information content (AvgIpc) is 2.65. The van der Waals surface area contributed by atoms with Gasteiger partial charge in [-0.2, -0.15) is 4.98 Å². The summed E-state index contributed by atoms with van der Waals surface area (Å²) >= 11 is 0. The highest BCUT2D eigenvalue weighted by molar-refractivity contribution is 4.85. The van der Waals surface area contributed by atoms with Crippen LogP contribution >= 0.6 is 0 Å². The maximum Gasteiger partial charge on any atom is 0.240 e. The lowest BCUT2D eigenvalue weighted by Crippen LogP contribution is -2.46. The number of aliphatic hydroxyl groups excluding tert-OH is 1. The fourth-order valence-electron chi connectivity index (χ4n) is 1.64. The Morgan fingerprint density at radius 1 is 1.60 bits per heavy atom. The second-order valence-electron chi connectivity index (χ2n) is 3.62. The van der Waals surface area contributed by atoms with E-state index in [1.165, 1.54) is 0 Å². The van der Waals surface area contributed by atoms with Crippen molar-refractivity contribution in [2.45, 2.75) is 19.5 Å². The largest absolute Gasteiger partial charge is 0.395 e. The molecule has 1 atom stereocenters. The molecule has 1 aromatic rings. The van der Waals surface area contributed by atoms with E-state index >= 15 is 0 Å². The van der Waals surface area contributed by atoms with E-state index in [1.54, 1.807) is 6.92 Å². The molecule has 0 aromatic carbocycles. The van der Waals surface area contributed by atoms with Crippen LogP contribution in [0.2, 0.25) is 0 Å². The third-order valence-electron chi connectivity index (χ3n) is 2.47. The van der Waals surface area contributed by atoms with Gasteiger partial charge in [-0.25, -0.2) is 0 Å². The Kier molecular flexibility index (Phi) is 3.30. The van der Waals surface area contributed by atoms with Gasteiger partial charge in [-0.15, -0.1) is 0 Å². The molecule has 2 rings (SSSR count). The molecule has 2 heterocycles. The summed E-state index contributed by atoms with van der Waals surface area (Å²) in [5.41, 5.74) is 0. The van der Waals surface area contributed by atoms with Gasteiger partial charge in [-0.05, 0) is 6.92 Å². The van der Waals surface area contributed by atoms with Crippen LogP contribution in [0.4, 0.5) is 0 Å². The minimum absolute atomic E-state index is 0.0333. The van der Waals surface area contributed by atoms with E-state index in [-0.39, 0.29) is 12.6 Å². The second-order valence-corrected chi connectivity index (χ2v) is 3.62. The van der Waals surface area contributed by atoms with Gasteiger partial charge in [-0.3, -0.25) is 4.90 Å². The molecule has 1 N–H and O–H groups in total. The highest BCUT2D eigenvalue weighted by Gasteiger charge is 2.23. The van der Waals surface area contributed by atoms with E-state index in [0.717, 1.165) is 6.54 Å². The molecule has 1 aliphatic heterocycles. The molecule has 6 nitrogen and oxygen atoms in total. The number of ether oxygens (including phenoxy) is 1. The Morgan fingerprint density at radius 3 is 3.13 bits per heavy atom. The molecule has 1 saturated heterocycles. The van der Waals surface area contributed by atoms with E-state index in [0.29, 0.717) is 31.5 Å². The van der Waals surface area contributed by atoms with Gasteiger partial charge in [0.15, 0.2) is 5.82 Å². The summed E-state index contributed by atoms with van der Waals surface area (Å²) in [4.78, 5) is 6.23. The van der Waals surface area contributed by atoms with Crippen molar-refractivity contribution in [2.24, 2.45) is 0 Å². The van der Waals surface area contributed by atoms with Crippen molar-refractivity contribution in [3.63, 3.8) is 0 Å². The normalized spacial score (nSPS) is 23.2. The molecular formula is C9H15N3O3. The Hall–Kier alpha value is -0.980. The van der Waals surface area contributed by atoms with Crippen LogP contribution in [0.5, 0.6) is 0 Å². The molecule has 0 saturated carbocycles. The molecule has 6 heteroatoms. The van der Waals surface area contributed by atoms with Crippen LogP contribution in [0, 0.1) is 6.92 Å². The number of nitrogens with zero attached hydrogens (tertiary/aromatic N) is 3. The van der Waals surface area contributed by atoms with Gasteiger partial charge in [0.25, 0.3) is 0 Å². The summed E-state index contributed by atoms with van der Waals surface area (Å²) in [6, 6.07) is 0.0333. The zero-order chi connectivity index (χ0) is 10.7. The van der Waals surface area contributed by atoms with Crippen LogP contribution in [0.3, 0.4) is 0 Å². The van der Waals surface area contributed by atoms with E-state index in [4.69, 9.17) is 14.4 Å². The molecule has 0 radical (unpaired) electrons. The Morgan fingerprint density at radius 2 is 2.47 bits per heavy atom. The van der Waals surface area contributed by atoms with Crippen LogP contribution in [0.25, 0.3) is 0 Å². The third-order valence-corrected chi connectivity index (χ3v) is 2.47. The number of aromatic nitrogens is 2. The quantitative estimate of drug-likeness (QED) is 0.734. The van der Waals surface area contributed by atoms with Crippen molar-refractivity contribution in [1.82, 2.24) is 15.0 Å². The molecule has 1 fully saturated rings. The van der Waals surface area contributed by atoms with Gasteiger partial charge in [-0.1, -0.05) is 5.16 Å². The van der Waals surface area contributed by atoms with Crippen molar-refractivity contribution < 1.29 is 14.4 Å². The molecule has 0 amide bonds. The number of aryl methyl sites for hydroxylation is 1. The molecule has 15 heavy (non-hydrogen) atoms. The fourth-order valence-corrected chi connectivity index (χ4v) is 1.64. The molecule has 0 aliphatic carbocycles. The first-order valence-electron chi connectivity index (χ1n) is 5.01. The maximum absolute atomic E-state index is 9.16. The van der Waals surface area contributed by atoms with Crippen LogP contribution in [-0.4, -0.2) is 52.6 Å². The summed E-state index contributed by atoms with van der Waals surface area (Å²) in [5.74, 6) is 1.23. The summed E-state index contributed by atoms with van der Waals surface area (Å²) in [7, 11) is 0. The van der Waals surface area contributed by atoms with E-state index in [9.17, 15) is 0 Å². The number of rotatable bonds is 3. The first-order valence-corrected chi connectivity index (χ1v) is 5.01. The van der Waals surface area contributed by atoms with Gasteiger partial charge in [0.1, 0.15) is 0 Å². The molecule has 84 valence electrons. The monoisotopic (exact) mass is 213 g/mol. The number of hydrogen-bond donors (Lipinski definition) is 1. The molecular weight excluding hydrogens is 198 g/mol. The fraction of sp³-hybridized carbons (Fsp3) is 0.778. The minimum Gasteiger partial charge on any atom is -0.395 e. The SMILES string of the molecule is Cc1noc(CN2CCOCC2CO)n1. The van der Waals surface area contributed by atoms with Crippen LogP contribution < -0.4 is 0 Å². The van der Waals surface area contributed by atoms with Gasteiger partial charge in [0.05, 0.1) is 32.4 Å². The molecule has 1 aliphatic rings. The summed E-state index contributed by atoms with van der Waals surface area (Å²) in [6.07, 6.45) is 0. The lowest BCUT2D eigenvalue weighted by Gasteiger charge is -2.33. The van der Waals surface area contributed by atoms with Crippen molar-refractivity contribution in [1.29, 1.82) is 0 Å². The van der Waals surface area contributed by atoms with Crippen molar-refractivity contribution in [3.8, 4) is 0 Å². The minimum atomic E-state index is 0.0333. The standard InChI is InChI=1S/C9H15N3O3/c1-7-10-9(15-11-7)4-12-2-3-14-6-8(12)5-13/h8,13H,2-6H2,1H3. The number of aliphatic hydroxyl groups is 1. The zero-order valence-electron chi connectivity index (χ0n) is 8.72. The Bertz CT molecular complexity index is 315. The van der Waals surface area contributed by atoms with E-state index in [1.807, 2.05) is 0 Å². The van der Waals surface area contributed by atoms with E-state index in [2.05, 4.69) is 15.0 Å². The van der Waals surface area contributed by atoms with Crippen LogP contribution in [0.15, 0.2) is 4.52 Å². The average molecular weight is 213 g/mol. The third kappa shape index (κ3) is 2.53. The molecule has 0 spiro atoms. The second kappa shape index (κ2) is 4.69. The Balaban J connectivity index is 1.97. The predicted octanol–water partition coefficient (Wildman–Crippen LogP) is -0.429. The van der Waals surface area contributed by atoms with Gasteiger partial charge in [0, 0.05) is 6.54 Å². The summed E-state index contributed by atoms with van der Waals surface area (Å²) in [6.45, 7) is 4.48. The molecule has 1 unspecified atom stereocenters. The predicted molar refractivity (Wildman–Crippen MR) is 51.1 cm³/mol. The van der Waals surface area contributed by atoms with Crippen molar-refractivity contribution >= 4 is 0 Å². The lowest BCUT2D eigenvalue weighted by atomic mass is 10.2. The maximum atomic E-state index is 9.16. The lowest BCUT2D eigenvalue weighted by molar-refractivity contribution is -0.0348. The van der Waals surface area contributed by atoms with Crippen LogP contribution in [-0.2, 0) is 11.3 Å². The highest BCUT2D eigenvalue weighted by Crippen LogP contribution is 2.10. The van der Waals surface area contributed by atoms with Crippen LogP contribution in [0.1, 0.15) is 11.7 Å². The molecule has 1 aromatic heterocycles. The van der Waals surface area contributed by atoms with Crippen molar-refractivity contribution in [2.75, 3.05) is 26.4 Å². The van der Waals surface area contributed by atoms with Crippen molar-refractivity contribution in [3.05, 3.63) is 11.7 Å². The molecule has 0 bridgehead atoms.